The monoisotopic (exact) mass is 540 g/mol. The molecule has 0 amide bonds. The molecule has 2 N–H and O–H groups in total. The van der Waals surface area contributed by atoms with Gasteiger partial charge in [0.05, 0.1) is 6.04 Å². The molecule has 3 rings (SSSR count). The van der Waals surface area contributed by atoms with E-state index in [1.165, 1.54) is 0 Å². The molecule has 31 heavy (non-hydrogen) atoms. The Morgan fingerprint density at radius 2 is 2.13 bits per heavy atom. The van der Waals surface area contributed by atoms with Gasteiger partial charge >= 0.3 is 0 Å². The summed E-state index contributed by atoms with van der Waals surface area (Å²) in [7, 11) is 0. The number of halogens is 1. The third-order valence-corrected chi connectivity index (χ3v) is 4.80. The highest BCUT2D eigenvalue weighted by molar-refractivity contribution is 14.0. The van der Waals surface area contributed by atoms with E-state index in [2.05, 4.69) is 51.4 Å². The third-order valence-electron chi connectivity index (χ3n) is 4.80. The zero-order chi connectivity index (χ0) is 21.2. The van der Waals surface area contributed by atoms with Crippen molar-refractivity contribution in [2.45, 2.75) is 46.2 Å². The second kappa shape index (κ2) is 13.3. The number of hydrogen-bond acceptors (Lipinski definition) is 5. The van der Waals surface area contributed by atoms with Crippen molar-refractivity contribution in [1.82, 2.24) is 25.4 Å². The molecule has 1 aromatic carbocycles. The number of nitrogens with one attached hydrogen (secondary N) is 2. The maximum atomic E-state index is 6.00. The zero-order valence-electron chi connectivity index (χ0n) is 18.5. The molecule has 0 saturated heterocycles. The van der Waals surface area contributed by atoms with Crippen LogP contribution in [0.4, 0.5) is 0 Å². The molecule has 0 aliphatic carbocycles. The highest BCUT2D eigenvalue weighted by Crippen LogP contribution is 2.23. The lowest BCUT2D eigenvalue weighted by atomic mass is 10.2. The van der Waals surface area contributed by atoms with Crippen LogP contribution in [0.1, 0.15) is 44.8 Å². The fraction of sp³-hybridized carbons (Fsp3) is 0.500. The lowest BCUT2D eigenvalue weighted by Gasteiger charge is -2.17. The molecule has 0 bridgehead atoms. The normalized spacial score (nSPS) is 12.5. The van der Waals surface area contributed by atoms with Crippen LogP contribution < -0.4 is 10.6 Å². The molecular weight excluding hydrogens is 507 g/mol. The highest BCUT2D eigenvalue weighted by Gasteiger charge is 2.13. The number of fused-ring (bicyclic) bond motifs is 1. The van der Waals surface area contributed by atoms with Gasteiger partial charge in [0.2, 0.25) is 0 Å². The Morgan fingerprint density at radius 3 is 2.90 bits per heavy atom. The Kier molecular flexibility index (Phi) is 10.8. The summed E-state index contributed by atoms with van der Waals surface area (Å²) in [6.07, 6.45) is 3.51. The molecule has 0 radical (unpaired) electrons. The van der Waals surface area contributed by atoms with Gasteiger partial charge in [0.25, 0.3) is 0 Å². The molecule has 0 saturated carbocycles. The number of aliphatic imine (C=N–C) groups is 1. The molecule has 0 aliphatic rings. The average Bonchev–Trinajstić information content (AvgIpc) is 3.39. The summed E-state index contributed by atoms with van der Waals surface area (Å²) in [6, 6.07) is 10.1. The molecule has 0 spiro atoms. The van der Waals surface area contributed by atoms with Crippen LogP contribution in [0.5, 0.6) is 0 Å². The lowest BCUT2D eigenvalue weighted by molar-refractivity contribution is 0.146. The minimum absolute atomic E-state index is 0. The van der Waals surface area contributed by atoms with Gasteiger partial charge in [0.1, 0.15) is 23.5 Å². The van der Waals surface area contributed by atoms with Crippen molar-refractivity contribution in [2.75, 3.05) is 26.3 Å². The van der Waals surface area contributed by atoms with Crippen LogP contribution in [-0.4, -0.2) is 47.0 Å². The van der Waals surface area contributed by atoms with Crippen LogP contribution in [0.15, 0.2) is 46.1 Å². The molecule has 0 fully saturated rings. The molecule has 3 aromatic rings. The minimum atomic E-state index is -0.0170. The van der Waals surface area contributed by atoms with Crippen molar-refractivity contribution in [1.29, 1.82) is 0 Å². The second-order valence-electron chi connectivity index (χ2n) is 7.05. The number of benzene rings is 1. The maximum absolute atomic E-state index is 6.00. The van der Waals surface area contributed by atoms with Crippen LogP contribution in [-0.2, 0) is 17.7 Å². The van der Waals surface area contributed by atoms with E-state index in [9.17, 15) is 0 Å². The largest absolute Gasteiger partial charge is 0.459 e. The molecule has 1 unspecified atom stereocenters. The zero-order valence-corrected chi connectivity index (χ0v) is 20.8. The van der Waals surface area contributed by atoms with Crippen LogP contribution >= 0.6 is 24.0 Å². The molecule has 1 atom stereocenters. The molecular formula is C22H33IN6O2. The van der Waals surface area contributed by atoms with Gasteiger partial charge in [-0.05, 0) is 32.4 Å². The van der Waals surface area contributed by atoms with Gasteiger partial charge in [-0.1, -0.05) is 25.1 Å². The number of aromatic nitrogens is 3. The van der Waals surface area contributed by atoms with E-state index < -0.39 is 0 Å². The topological polar surface area (TPSA) is 89.5 Å². The molecule has 2 heterocycles. The van der Waals surface area contributed by atoms with Gasteiger partial charge in [-0.3, -0.25) is 4.99 Å². The van der Waals surface area contributed by atoms with E-state index in [0.29, 0.717) is 13.2 Å². The summed E-state index contributed by atoms with van der Waals surface area (Å²) in [5, 5.41) is 16.1. The quantitative estimate of drug-likeness (QED) is 0.166. The smallest absolute Gasteiger partial charge is 0.191 e. The lowest BCUT2D eigenvalue weighted by Crippen LogP contribution is -2.40. The number of ether oxygens (including phenoxy) is 1. The van der Waals surface area contributed by atoms with Gasteiger partial charge in [-0.15, -0.1) is 34.2 Å². The van der Waals surface area contributed by atoms with E-state index in [1.807, 2.05) is 25.1 Å². The van der Waals surface area contributed by atoms with Crippen molar-refractivity contribution in [3.8, 4) is 0 Å². The number of rotatable bonds is 11. The SMILES string of the molecule is CCOCCCN=C(NCCn1cnnc1CC)NC(C)c1cc2ccccc2o1.I. The fourth-order valence-electron chi connectivity index (χ4n) is 3.18. The molecule has 2 aromatic heterocycles. The number of guanidine groups is 1. The van der Waals surface area contributed by atoms with Crippen molar-refractivity contribution >= 4 is 40.9 Å². The molecule has 0 aliphatic heterocycles. The third kappa shape index (κ3) is 7.49. The number of hydrogen-bond donors (Lipinski definition) is 2. The predicted molar refractivity (Wildman–Crippen MR) is 134 cm³/mol. The van der Waals surface area contributed by atoms with Crippen LogP contribution in [0, 0.1) is 0 Å². The number of furan rings is 1. The number of aryl methyl sites for hydroxylation is 1. The van der Waals surface area contributed by atoms with Gasteiger partial charge in [-0.25, -0.2) is 0 Å². The summed E-state index contributed by atoms with van der Waals surface area (Å²) in [6.45, 7) is 9.78. The summed E-state index contributed by atoms with van der Waals surface area (Å²) >= 11 is 0. The van der Waals surface area contributed by atoms with Crippen molar-refractivity contribution < 1.29 is 9.15 Å². The van der Waals surface area contributed by atoms with Crippen LogP contribution in [0.25, 0.3) is 11.0 Å². The summed E-state index contributed by atoms with van der Waals surface area (Å²) in [4.78, 5) is 4.71. The Bertz CT molecular complexity index is 906. The summed E-state index contributed by atoms with van der Waals surface area (Å²) in [5.41, 5.74) is 0.893. The van der Waals surface area contributed by atoms with Crippen LogP contribution in [0.3, 0.4) is 0 Å². The molecule has 170 valence electrons. The first-order valence-electron chi connectivity index (χ1n) is 10.7. The summed E-state index contributed by atoms with van der Waals surface area (Å²) < 4.78 is 13.5. The number of nitrogens with zero attached hydrogens (tertiary/aromatic N) is 4. The predicted octanol–water partition coefficient (Wildman–Crippen LogP) is 3.93. The van der Waals surface area contributed by atoms with Crippen molar-refractivity contribution in [2.24, 2.45) is 4.99 Å². The van der Waals surface area contributed by atoms with Gasteiger partial charge in [-0.2, -0.15) is 0 Å². The standard InChI is InChI=1S/C22H32N6O2.HI/c1-4-21-27-25-16-28(21)13-12-24-22(23-11-8-14-29-5-2)26-17(3)20-15-18-9-6-7-10-19(18)30-20;/h6-7,9-10,15-17H,4-5,8,11-14H2,1-3H3,(H2,23,24,26);1H. The maximum Gasteiger partial charge on any atom is 0.191 e. The van der Waals surface area contributed by atoms with E-state index >= 15 is 0 Å². The van der Waals surface area contributed by atoms with E-state index in [4.69, 9.17) is 14.1 Å². The van der Waals surface area contributed by atoms with E-state index in [-0.39, 0.29) is 30.0 Å². The molecule has 8 nitrogen and oxygen atoms in total. The van der Waals surface area contributed by atoms with E-state index in [1.54, 1.807) is 6.33 Å². The first-order chi connectivity index (χ1) is 14.7. The first-order valence-corrected chi connectivity index (χ1v) is 10.7. The van der Waals surface area contributed by atoms with Crippen LogP contribution in [0.2, 0.25) is 0 Å². The second-order valence-corrected chi connectivity index (χ2v) is 7.05. The summed E-state index contributed by atoms with van der Waals surface area (Å²) in [5.74, 6) is 2.62. The fourth-order valence-corrected chi connectivity index (χ4v) is 3.18. The first kappa shape index (κ1) is 25.1. The Labute approximate surface area is 200 Å². The average molecular weight is 540 g/mol. The van der Waals surface area contributed by atoms with Crippen molar-refractivity contribution in [3.63, 3.8) is 0 Å². The van der Waals surface area contributed by atoms with Gasteiger partial charge < -0.3 is 24.4 Å². The van der Waals surface area contributed by atoms with Gasteiger partial charge in [0.15, 0.2) is 5.96 Å². The van der Waals surface area contributed by atoms with Crippen molar-refractivity contribution in [3.05, 3.63) is 48.2 Å². The highest BCUT2D eigenvalue weighted by atomic mass is 127. The Morgan fingerprint density at radius 1 is 1.29 bits per heavy atom. The van der Waals surface area contributed by atoms with Gasteiger partial charge in [0, 0.05) is 44.7 Å². The Balaban J connectivity index is 0.00000341. The minimum Gasteiger partial charge on any atom is -0.459 e. The number of para-hydroxylation sites is 1. The van der Waals surface area contributed by atoms with E-state index in [0.717, 1.165) is 61.1 Å². The Hall–Kier alpha value is -2.14. The molecule has 9 heteroatoms.